The summed E-state index contributed by atoms with van der Waals surface area (Å²) < 4.78 is 12.2. The highest BCUT2D eigenvalue weighted by molar-refractivity contribution is 9.10. The van der Waals surface area contributed by atoms with Gasteiger partial charge in [-0.2, -0.15) is 5.10 Å². The Morgan fingerprint density at radius 1 is 1.21 bits per heavy atom. The zero-order valence-electron chi connectivity index (χ0n) is 16.0. The number of hydrogen-bond acceptors (Lipinski definition) is 5. The van der Waals surface area contributed by atoms with Crippen molar-refractivity contribution in [2.45, 2.75) is 26.2 Å². The molecule has 0 saturated carbocycles. The van der Waals surface area contributed by atoms with Crippen LogP contribution in [-0.4, -0.2) is 30.9 Å². The number of carbonyl (C=O) groups is 1. The normalized spacial score (nSPS) is 11.5. The van der Waals surface area contributed by atoms with Crippen molar-refractivity contribution in [2.75, 3.05) is 13.7 Å². The number of aromatic hydroxyl groups is 1. The molecule has 0 bridgehead atoms. The van der Waals surface area contributed by atoms with Crippen molar-refractivity contribution in [3.63, 3.8) is 0 Å². The molecule has 2 N–H and O–H groups in total. The molecule has 0 spiro atoms. The maximum atomic E-state index is 12.0. The van der Waals surface area contributed by atoms with Crippen molar-refractivity contribution in [1.82, 2.24) is 5.43 Å². The average molecular weight is 514 g/mol. The SMILES string of the molecule is COc1cc(/C=N/NC(=O)COc2ccc(Br)cc2C(C)(C)C)cc(Br)c1O. The van der Waals surface area contributed by atoms with Gasteiger partial charge in [0.1, 0.15) is 5.75 Å². The van der Waals surface area contributed by atoms with E-state index in [2.05, 4.69) is 63.2 Å². The lowest BCUT2D eigenvalue weighted by molar-refractivity contribution is -0.123. The number of hydrazone groups is 1. The molecule has 0 atom stereocenters. The number of rotatable bonds is 6. The maximum absolute atomic E-state index is 12.0. The van der Waals surface area contributed by atoms with Crippen molar-refractivity contribution in [3.8, 4) is 17.2 Å². The van der Waals surface area contributed by atoms with Crippen LogP contribution in [0.1, 0.15) is 31.9 Å². The molecule has 0 aliphatic carbocycles. The van der Waals surface area contributed by atoms with Gasteiger partial charge < -0.3 is 14.6 Å². The van der Waals surface area contributed by atoms with E-state index in [9.17, 15) is 9.90 Å². The summed E-state index contributed by atoms with van der Waals surface area (Å²) in [4.78, 5) is 12.0. The quantitative estimate of drug-likeness (QED) is 0.431. The number of carbonyl (C=O) groups excluding carboxylic acids is 1. The molecule has 150 valence electrons. The minimum absolute atomic E-state index is 0.00114. The van der Waals surface area contributed by atoms with E-state index in [1.54, 1.807) is 12.1 Å². The van der Waals surface area contributed by atoms with Gasteiger partial charge in [0.15, 0.2) is 18.1 Å². The third-order valence-electron chi connectivity index (χ3n) is 3.78. The number of hydrogen-bond donors (Lipinski definition) is 2. The number of nitrogens with one attached hydrogen (secondary N) is 1. The van der Waals surface area contributed by atoms with E-state index in [1.165, 1.54) is 13.3 Å². The Morgan fingerprint density at radius 3 is 2.57 bits per heavy atom. The fraction of sp³-hybridized carbons (Fsp3) is 0.300. The summed E-state index contributed by atoms with van der Waals surface area (Å²) in [5.41, 5.74) is 3.94. The van der Waals surface area contributed by atoms with Crippen LogP contribution in [0, 0.1) is 0 Å². The number of ether oxygens (including phenoxy) is 2. The van der Waals surface area contributed by atoms with Gasteiger partial charge in [-0.3, -0.25) is 4.79 Å². The molecule has 0 aliphatic heterocycles. The third-order valence-corrected chi connectivity index (χ3v) is 4.88. The van der Waals surface area contributed by atoms with Gasteiger partial charge in [0.05, 0.1) is 17.8 Å². The summed E-state index contributed by atoms with van der Waals surface area (Å²) in [5.74, 6) is 0.572. The van der Waals surface area contributed by atoms with Crippen LogP contribution in [-0.2, 0) is 10.2 Å². The first kappa shape index (κ1) is 22.2. The van der Waals surface area contributed by atoms with Crippen LogP contribution in [0.2, 0.25) is 0 Å². The summed E-state index contributed by atoms with van der Waals surface area (Å²) in [6.07, 6.45) is 1.45. The molecule has 8 heteroatoms. The predicted molar refractivity (Wildman–Crippen MR) is 116 cm³/mol. The van der Waals surface area contributed by atoms with E-state index >= 15 is 0 Å². The Labute approximate surface area is 181 Å². The Morgan fingerprint density at radius 2 is 1.93 bits per heavy atom. The monoisotopic (exact) mass is 512 g/mol. The average Bonchev–Trinajstić information content (AvgIpc) is 2.62. The zero-order chi connectivity index (χ0) is 20.9. The van der Waals surface area contributed by atoms with E-state index < -0.39 is 0 Å². The van der Waals surface area contributed by atoms with Crippen LogP contribution in [0.4, 0.5) is 0 Å². The molecule has 0 heterocycles. The Hall–Kier alpha value is -2.06. The summed E-state index contributed by atoms with van der Waals surface area (Å²) in [6, 6.07) is 8.95. The standard InChI is InChI=1S/C20H22Br2N2O4/c1-20(2,3)14-9-13(21)5-6-16(14)28-11-18(25)24-23-10-12-7-15(22)19(26)17(8-12)27-4/h5-10,26H,11H2,1-4H3,(H,24,25)/b23-10+. The second kappa shape index (κ2) is 9.43. The molecular formula is C20H22Br2N2O4. The lowest BCUT2D eigenvalue weighted by Gasteiger charge is -2.23. The van der Waals surface area contributed by atoms with Gasteiger partial charge >= 0.3 is 0 Å². The van der Waals surface area contributed by atoms with Crippen LogP contribution in [0.3, 0.4) is 0 Å². The second-order valence-electron chi connectivity index (χ2n) is 7.03. The van der Waals surface area contributed by atoms with E-state index in [-0.39, 0.29) is 23.7 Å². The van der Waals surface area contributed by atoms with Crippen LogP contribution >= 0.6 is 31.9 Å². The summed E-state index contributed by atoms with van der Waals surface area (Å²) in [6.45, 7) is 6.08. The molecule has 0 unspecified atom stereocenters. The maximum Gasteiger partial charge on any atom is 0.277 e. The molecule has 0 radical (unpaired) electrons. The van der Waals surface area contributed by atoms with Gasteiger partial charge in [0, 0.05) is 10.0 Å². The first-order valence-electron chi connectivity index (χ1n) is 8.43. The number of halogens is 2. The molecular weight excluding hydrogens is 492 g/mol. The zero-order valence-corrected chi connectivity index (χ0v) is 19.2. The molecule has 0 saturated heterocycles. The lowest BCUT2D eigenvalue weighted by atomic mass is 9.86. The van der Waals surface area contributed by atoms with Crippen LogP contribution < -0.4 is 14.9 Å². The van der Waals surface area contributed by atoms with Gasteiger partial charge in [-0.05, 0) is 57.2 Å². The Balaban J connectivity index is 1.99. The number of amides is 1. The number of benzene rings is 2. The molecule has 2 aromatic rings. The number of methoxy groups -OCH3 is 1. The second-order valence-corrected chi connectivity index (χ2v) is 8.80. The van der Waals surface area contributed by atoms with Crippen molar-refractivity contribution >= 4 is 44.0 Å². The molecule has 2 aromatic carbocycles. The van der Waals surface area contributed by atoms with Crippen molar-refractivity contribution in [3.05, 3.63) is 50.4 Å². The molecule has 0 aliphatic rings. The molecule has 2 rings (SSSR count). The lowest BCUT2D eigenvalue weighted by Crippen LogP contribution is -2.25. The van der Waals surface area contributed by atoms with E-state index in [4.69, 9.17) is 9.47 Å². The highest BCUT2D eigenvalue weighted by Gasteiger charge is 2.20. The van der Waals surface area contributed by atoms with E-state index in [0.717, 1.165) is 10.0 Å². The van der Waals surface area contributed by atoms with Crippen LogP contribution in [0.25, 0.3) is 0 Å². The smallest absolute Gasteiger partial charge is 0.277 e. The Kier molecular flexibility index (Phi) is 7.48. The largest absolute Gasteiger partial charge is 0.503 e. The van der Waals surface area contributed by atoms with Gasteiger partial charge in [-0.15, -0.1) is 0 Å². The van der Waals surface area contributed by atoms with Crippen LogP contribution in [0.15, 0.2) is 44.4 Å². The fourth-order valence-electron chi connectivity index (χ4n) is 2.39. The third kappa shape index (κ3) is 5.97. The van der Waals surface area contributed by atoms with Crippen LogP contribution in [0.5, 0.6) is 17.2 Å². The topological polar surface area (TPSA) is 80.2 Å². The first-order valence-corrected chi connectivity index (χ1v) is 10.0. The summed E-state index contributed by atoms with van der Waals surface area (Å²) in [5, 5.41) is 13.7. The number of nitrogens with zero attached hydrogens (tertiary/aromatic N) is 1. The predicted octanol–water partition coefficient (Wildman–Crippen LogP) is 4.75. The van der Waals surface area contributed by atoms with Gasteiger partial charge in [0.2, 0.25) is 0 Å². The molecule has 0 aromatic heterocycles. The number of phenolic OH excluding ortho intramolecular Hbond substituents is 1. The summed E-state index contributed by atoms with van der Waals surface area (Å²) >= 11 is 6.70. The minimum atomic E-state index is -0.385. The van der Waals surface area contributed by atoms with Crippen molar-refractivity contribution < 1.29 is 19.4 Å². The minimum Gasteiger partial charge on any atom is -0.503 e. The molecule has 28 heavy (non-hydrogen) atoms. The van der Waals surface area contributed by atoms with Crippen molar-refractivity contribution in [1.29, 1.82) is 0 Å². The molecule has 6 nitrogen and oxygen atoms in total. The Bertz CT molecular complexity index is 893. The molecule has 0 fully saturated rings. The fourth-order valence-corrected chi connectivity index (χ4v) is 3.21. The van der Waals surface area contributed by atoms with Gasteiger partial charge in [-0.25, -0.2) is 5.43 Å². The van der Waals surface area contributed by atoms with E-state index in [1.807, 2.05) is 18.2 Å². The van der Waals surface area contributed by atoms with E-state index in [0.29, 0.717) is 21.5 Å². The van der Waals surface area contributed by atoms with Gasteiger partial charge in [-0.1, -0.05) is 36.7 Å². The van der Waals surface area contributed by atoms with Crippen molar-refractivity contribution in [2.24, 2.45) is 5.10 Å². The first-order chi connectivity index (χ1) is 13.1. The molecule has 1 amide bonds. The van der Waals surface area contributed by atoms with Gasteiger partial charge in [0.25, 0.3) is 5.91 Å². The summed E-state index contributed by atoms with van der Waals surface area (Å²) in [7, 11) is 1.45. The highest BCUT2D eigenvalue weighted by atomic mass is 79.9. The number of phenols is 1. The highest BCUT2D eigenvalue weighted by Crippen LogP contribution is 2.35.